The summed E-state index contributed by atoms with van der Waals surface area (Å²) in [6.07, 6.45) is 3.90. The molecule has 0 aliphatic carbocycles. The maximum absolute atomic E-state index is 12.7. The molecule has 1 amide bonds. The van der Waals surface area contributed by atoms with E-state index >= 15 is 0 Å². The third-order valence-electron chi connectivity index (χ3n) is 4.69. The van der Waals surface area contributed by atoms with E-state index in [0.29, 0.717) is 43.9 Å². The number of nitrogens with one attached hydrogen (secondary N) is 2. The molecule has 2 atom stereocenters. The molecule has 1 saturated heterocycles. The molecule has 1 unspecified atom stereocenters. The first-order valence-electron chi connectivity index (χ1n) is 10.3. The van der Waals surface area contributed by atoms with Crippen LogP contribution in [0.4, 0.5) is 0 Å². The summed E-state index contributed by atoms with van der Waals surface area (Å²) < 4.78 is 38.9. The highest BCUT2D eigenvalue weighted by molar-refractivity contribution is 7.89. The summed E-state index contributed by atoms with van der Waals surface area (Å²) in [5.74, 6) is -1.38. The van der Waals surface area contributed by atoms with Gasteiger partial charge in [0.25, 0.3) is 0 Å². The van der Waals surface area contributed by atoms with Crippen LogP contribution in [0.3, 0.4) is 0 Å². The van der Waals surface area contributed by atoms with Gasteiger partial charge in [-0.15, -0.1) is 0 Å². The van der Waals surface area contributed by atoms with Crippen LogP contribution in [0.2, 0.25) is 5.02 Å². The topological polar surface area (TPSA) is 131 Å². The minimum Gasteiger partial charge on any atom is -0.481 e. The number of amides is 1. The van der Waals surface area contributed by atoms with Crippen molar-refractivity contribution in [3.05, 3.63) is 29.3 Å². The monoisotopic (exact) mass is 476 g/mol. The molecular weight excluding hydrogens is 448 g/mol. The van der Waals surface area contributed by atoms with Gasteiger partial charge in [-0.3, -0.25) is 9.59 Å². The highest BCUT2D eigenvalue weighted by Crippen LogP contribution is 2.16. The molecule has 1 aliphatic heterocycles. The number of rotatable bonds is 13. The van der Waals surface area contributed by atoms with Crippen molar-refractivity contribution in [3.8, 4) is 0 Å². The molecule has 0 radical (unpaired) electrons. The van der Waals surface area contributed by atoms with Crippen LogP contribution in [0.5, 0.6) is 0 Å². The Kier molecular flexibility index (Phi) is 10.7. The number of ether oxygens (including phenoxy) is 2. The fraction of sp³-hybridized carbons (Fsp3) is 0.600. The number of carbonyl (C=O) groups is 2. The number of hydrogen-bond donors (Lipinski definition) is 3. The Bertz CT molecular complexity index is 811. The summed E-state index contributed by atoms with van der Waals surface area (Å²) in [7, 11) is -3.98. The van der Waals surface area contributed by atoms with Crippen LogP contribution in [-0.4, -0.2) is 57.5 Å². The first kappa shape index (κ1) is 25.5. The van der Waals surface area contributed by atoms with E-state index in [1.54, 1.807) is 0 Å². The van der Waals surface area contributed by atoms with E-state index in [1.165, 1.54) is 24.3 Å². The summed E-state index contributed by atoms with van der Waals surface area (Å²) in [5, 5.41) is 11.7. The lowest BCUT2D eigenvalue weighted by molar-refractivity contribution is -0.167. The second kappa shape index (κ2) is 13.0. The fourth-order valence-electron chi connectivity index (χ4n) is 2.99. The number of benzene rings is 1. The van der Waals surface area contributed by atoms with Crippen LogP contribution < -0.4 is 10.0 Å². The van der Waals surface area contributed by atoms with Crippen LogP contribution in [0.1, 0.15) is 44.9 Å². The highest BCUT2D eigenvalue weighted by atomic mass is 35.5. The molecule has 1 aromatic carbocycles. The quantitative estimate of drug-likeness (QED) is 0.372. The average Bonchev–Trinajstić information content (AvgIpc) is 2.74. The van der Waals surface area contributed by atoms with E-state index in [0.717, 1.165) is 12.8 Å². The largest absolute Gasteiger partial charge is 0.481 e. The molecule has 0 aromatic heterocycles. The lowest BCUT2D eigenvalue weighted by Gasteiger charge is -2.25. The first-order valence-corrected chi connectivity index (χ1v) is 12.1. The van der Waals surface area contributed by atoms with Gasteiger partial charge in [-0.2, -0.15) is 4.72 Å². The van der Waals surface area contributed by atoms with Gasteiger partial charge in [0, 0.05) is 24.6 Å². The van der Waals surface area contributed by atoms with Gasteiger partial charge >= 0.3 is 5.97 Å². The molecule has 31 heavy (non-hydrogen) atoms. The van der Waals surface area contributed by atoms with Crippen molar-refractivity contribution in [1.29, 1.82) is 0 Å². The Labute approximate surface area is 187 Å². The molecule has 0 spiro atoms. The fourth-order valence-corrected chi connectivity index (χ4v) is 4.30. The van der Waals surface area contributed by atoms with Gasteiger partial charge in [-0.1, -0.05) is 18.0 Å². The Morgan fingerprint density at radius 1 is 1.19 bits per heavy atom. The Balaban J connectivity index is 1.95. The lowest BCUT2D eigenvalue weighted by Crippen LogP contribution is -2.50. The summed E-state index contributed by atoms with van der Waals surface area (Å²) in [6.45, 7) is 0.689. The van der Waals surface area contributed by atoms with E-state index in [1.807, 2.05) is 0 Å². The second-order valence-electron chi connectivity index (χ2n) is 7.25. The zero-order valence-corrected chi connectivity index (χ0v) is 18.8. The molecule has 1 heterocycles. The van der Waals surface area contributed by atoms with Gasteiger partial charge in [0.05, 0.1) is 11.5 Å². The van der Waals surface area contributed by atoms with Crippen molar-refractivity contribution in [2.24, 2.45) is 0 Å². The van der Waals surface area contributed by atoms with Gasteiger partial charge < -0.3 is 19.9 Å². The van der Waals surface area contributed by atoms with E-state index < -0.39 is 34.2 Å². The lowest BCUT2D eigenvalue weighted by atomic mass is 10.2. The number of aliphatic carboxylic acids is 1. The molecule has 174 valence electrons. The number of hydrogen-bond acceptors (Lipinski definition) is 6. The Hall–Kier alpha value is -1.72. The molecule has 2 rings (SSSR count). The van der Waals surface area contributed by atoms with E-state index in [2.05, 4.69) is 10.0 Å². The van der Waals surface area contributed by atoms with Crippen LogP contribution >= 0.6 is 11.6 Å². The van der Waals surface area contributed by atoms with E-state index in [-0.39, 0.29) is 17.9 Å². The predicted molar refractivity (Wildman–Crippen MR) is 114 cm³/mol. The van der Waals surface area contributed by atoms with Gasteiger partial charge in [0.1, 0.15) is 6.04 Å². The minimum atomic E-state index is -3.98. The number of carboxylic acids is 1. The molecule has 1 aromatic rings. The average molecular weight is 477 g/mol. The van der Waals surface area contributed by atoms with Crippen molar-refractivity contribution in [2.45, 2.75) is 62.2 Å². The molecule has 0 saturated carbocycles. The van der Waals surface area contributed by atoms with Crippen LogP contribution in [-0.2, 0) is 29.1 Å². The number of carboxylic acid groups (broad SMARTS) is 1. The van der Waals surface area contributed by atoms with Crippen molar-refractivity contribution in [1.82, 2.24) is 10.0 Å². The van der Waals surface area contributed by atoms with E-state index in [4.69, 9.17) is 26.2 Å². The minimum absolute atomic E-state index is 0.0164. The molecule has 0 bridgehead atoms. The zero-order chi connectivity index (χ0) is 22.7. The highest BCUT2D eigenvalue weighted by Gasteiger charge is 2.27. The standard InChI is InChI=1S/C20H29ClN2O7S/c21-15-8-10-16(11-9-15)31(27,28)23-17(14-30-19-7-3-5-13-29-19)20(26)22-12-4-1-2-6-18(24)25/h8-11,17,19,23H,1-7,12-14H2,(H,22,26)(H,24,25)/t17-,19?/m0/s1. The first-order chi connectivity index (χ1) is 14.8. The molecule has 11 heteroatoms. The van der Waals surface area contributed by atoms with Crippen LogP contribution in [0, 0.1) is 0 Å². The Morgan fingerprint density at radius 2 is 1.94 bits per heavy atom. The maximum Gasteiger partial charge on any atom is 0.303 e. The second-order valence-corrected chi connectivity index (χ2v) is 9.40. The van der Waals surface area contributed by atoms with Crippen molar-refractivity contribution in [3.63, 3.8) is 0 Å². The van der Waals surface area contributed by atoms with Crippen molar-refractivity contribution < 1.29 is 32.6 Å². The summed E-state index contributed by atoms with van der Waals surface area (Å²) in [6, 6.07) is 4.47. The van der Waals surface area contributed by atoms with Crippen molar-refractivity contribution in [2.75, 3.05) is 19.8 Å². The van der Waals surface area contributed by atoms with Gasteiger partial charge in [0.2, 0.25) is 15.9 Å². The van der Waals surface area contributed by atoms with Gasteiger partial charge in [-0.25, -0.2) is 8.42 Å². The maximum atomic E-state index is 12.7. The molecule has 1 aliphatic rings. The smallest absolute Gasteiger partial charge is 0.303 e. The molecule has 9 nitrogen and oxygen atoms in total. The zero-order valence-electron chi connectivity index (χ0n) is 17.2. The van der Waals surface area contributed by atoms with Crippen LogP contribution in [0.15, 0.2) is 29.2 Å². The van der Waals surface area contributed by atoms with Crippen molar-refractivity contribution >= 4 is 33.5 Å². The number of carbonyl (C=O) groups excluding carboxylic acids is 1. The normalized spacial score (nSPS) is 17.8. The van der Waals surface area contributed by atoms with Crippen LogP contribution in [0.25, 0.3) is 0 Å². The molecular formula is C20H29ClN2O7S. The summed E-state index contributed by atoms with van der Waals surface area (Å²) >= 11 is 5.82. The third kappa shape index (κ3) is 9.53. The number of unbranched alkanes of at least 4 members (excludes halogenated alkanes) is 2. The molecule has 3 N–H and O–H groups in total. The number of halogens is 1. The van der Waals surface area contributed by atoms with E-state index in [9.17, 15) is 18.0 Å². The van der Waals surface area contributed by atoms with Gasteiger partial charge in [0.15, 0.2) is 6.29 Å². The molecule has 1 fully saturated rings. The summed E-state index contributed by atoms with van der Waals surface area (Å²) in [5.41, 5.74) is 0. The Morgan fingerprint density at radius 3 is 2.58 bits per heavy atom. The predicted octanol–water partition coefficient (Wildman–Crippen LogP) is 2.29. The third-order valence-corrected chi connectivity index (χ3v) is 6.43. The SMILES string of the molecule is O=C(O)CCCCCNC(=O)[C@H](COC1CCCCO1)NS(=O)(=O)c1ccc(Cl)cc1. The number of sulfonamides is 1. The van der Waals surface area contributed by atoms with Gasteiger partial charge in [-0.05, 0) is 56.4 Å². The summed E-state index contributed by atoms with van der Waals surface area (Å²) in [4.78, 5) is 23.2.